The number of hydrogen-bond acceptors (Lipinski definition) is 3. The van der Waals surface area contributed by atoms with Crippen LogP contribution in [0.2, 0.25) is 0 Å². The summed E-state index contributed by atoms with van der Waals surface area (Å²) in [5, 5.41) is 7.61. The fourth-order valence-electron chi connectivity index (χ4n) is 1.37. The van der Waals surface area contributed by atoms with E-state index in [4.69, 9.17) is 4.74 Å². The lowest BCUT2D eigenvalue weighted by atomic mass is 9.90. The number of anilines is 1. The lowest BCUT2D eigenvalue weighted by molar-refractivity contribution is 0.101. The van der Waals surface area contributed by atoms with E-state index in [1.54, 1.807) is 18.4 Å². The van der Waals surface area contributed by atoms with Gasteiger partial charge in [0.05, 0.1) is 6.61 Å². The molecule has 0 bridgehead atoms. The summed E-state index contributed by atoms with van der Waals surface area (Å²) in [5.74, 6) is 0. The van der Waals surface area contributed by atoms with Crippen molar-refractivity contribution in [3.05, 3.63) is 16.8 Å². The number of hydrogen-bond donors (Lipinski definition) is 1. The zero-order valence-electron chi connectivity index (χ0n) is 9.17. The predicted molar refractivity (Wildman–Crippen MR) is 63.1 cm³/mol. The van der Waals surface area contributed by atoms with Crippen LogP contribution >= 0.6 is 11.3 Å². The molecule has 14 heavy (non-hydrogen) atoms. The minimum absolute atomic E-state index is 0.262. The van der Waals surface area contributed by atoms with Gasteiger partial charge in [-0.05, 0) is 23.3 Å². The van der Waals surface area contributed by atoms with E-state index in [0.717, 1.165) is 19.6 Å². The fraction of sp³-hybridized carbons (Fsp3) is 0.636. The lowest BCUT2D eigenvalue weighted by Gasteiger charge is -2.23. The van der Waals surface area contributed by atoms with Crippen LogP contribution in [0, 0.1) is 5.41 Å². The quantitative estimate of drug-likeness (QED) is 0.783. The molecule has 1 aromatic rings. The zero-order valence-corrected chi connectivity index (χ0v) is 9.99. The van der Waals surface area contributed by atoms with Gasteiger partial charge in [-0.25, -0.2) is 0 Å². The smallest absolute Gasteiger partial charge is 0.0514 e. The van der Waals surface area contributed by atoms with Gasteiger partial charge in [-0.2, -0.15) is 11.3 Å². The summed E-state index contributed by atoms with van der Waals surface area (Å²) in [7, 11) is 1.76. The zero-order chi connectivity index (χ0) is 10.4. The largest absolute Gasteiger partial charge is 0.384 e. The van der Waals surface area contributed by atoms with Gasteiger partial charge in [0.25, 0.3) is 0 Å². The second kappa shape index (κ2) is 5.37. The van der Waals surface area contributed by atoms with Crippen LogP contribution < -0.4 is 5.32 Å². The van der Waals surface area contributed by atoms with Crippen molar-refractivity contribution in [2.45, 2.75) is 20.3 Å². The predicted octanol–water partition coefficient (Wildman–Crippen LogP) is 3.22. The highest BCUT2D eigenvalue weighted by atomic mass is 32.1. The first-order chi connectivity index (χ1) is 6.64. The summed E-state index contributed by atoms with van der Waals surface area (Å²) < 4.78 is 5.17. The van der Waals surface area contributed by atoms with Crippen molar-refractivity contribution < 1.29 is 4.74 Å². The molecule has 0 unspecified atom stereocenters. The molecule has 0 atom stereocenters. The third kappa shape index (κ3) is 4.11. The second-order valence-electron chi connectivity index (χ2n) is 4.29. The van der Waals surface area contributed by atoms with Crippen LogP contribution in [-0.4, -0.2) is 20.3 Å². The molecule has 0 spiro atoms. The van der Waals surface area contributed by atoms with Gasteiger partial charge in [0.1, 0.15) is 0 Å². The summed E-state index contributed by atoms with van der Waals surface area (Å²) in [5.41, 5.74) is 1.49. The van der Waals surface area contributed by atoms with Gasteiger partial charge in [0.15, 0.2) is 0 Å². The second-order valence-corrected chi connectivity index (χ2v) is 5.07. The van der Waals surface area contributed by atoms with Crippen molar-refractivity contribution in [1.29, 1.82) is 0 Å². The number of methoxy groups -OCH3 is 1. The Morgan fingerprint density at radius 2 is 2.29 bits per heavy atom. The maximum atomic E-state index is 5.17. The summed E-state index contributed by atoms with van der Waals surface area (Å²) >= 11 is 1.72. The van der Waals surface area contributed by atoms with Crippen LogP contribution in [0.5, 0.6) is 0 Å². The number of nitrogens with one attached hydrogen (secondary N) is 1. The van der Waals surface area contributed by atoms with Crippen LogP contribution in [0.25, 0.3) is 0 Å². The third-order valence-electron chi connectivity index (χ3n) is 2.19. The molecule has 1 heterocycles. The third-order valence-corrected chi connectivity index (χ3v) is 2.87. The van der Waals surface area contributed by atoms with Gasteiger partial charge in [0, 0.05) is 24.7 Å². The van der Waals surface area contributed by atoms with E-state index < -0.39 is 0 Å². The summed E-state index contributed by atoms with van der Waals surface area (Å²) in [6.07, 6.45) is 1.12. The van der Waals surface area contributed by atoms with Gasteiger partial charge in [-0.1, -0.05) is 13.8 Å². The molecule has 0 radical (unpaired) electrons. The van der Waals surface area contributed by atoms with Crippen molar-refractivity contribution in [2.24, 2.45) is 5.41 Å². The Morgan fingerprint density at radius 3 is 2.86 bits per heavy atom. The molecule has 0 fully saturated rings. The number of rotatable bonds is 6. The van der Waals surface area contributed by atoms with Gasteiger partial charge in [-0.15, -0.1) is 0 Å². The Balaban J connectivity index is 2.20. The van der Waals surface area contributed by atoms with Gasteiger partial charge < -0.3 is 10.1 Å². The van der Waals surface area contributed by atoms with Crippen molar-refractivity contribution in [2.75, 3.05) is 25.6 Å². The van der Waals surface area contributed by atoms with E-state index in [1.165, 1.54) is 5.69 Å². The van der Waals surface area contributed by atoms with Gasteiger partial charge in [-0.3, -0.25) is 0 Å². The minimum Gasteiger partial charge on any atom is -0.384 e. The van der Waals surface area contributed by atoms with Crippen molar-refractivity contribution in [3.8, 4) is 0 Å². The van der Waals surface area contributed by atoms with E-state index in [2.05, 4.69) is 36.0 Å². The highest BCUT2D eigenvalue weighted by Gasteiger charge is 2.16. The average molecular weight is 213 g/mol. The number of ether oxygens (including phenoxy) is 1. The van der Waals surface area contributed by atoms with Crippen molar-refractivity contribution >= 4 is 17.0 Å². The normalized spacial score (nSPS) is 11.6. The highest BCUT2D eigenvalue weighted by molar-refractivity contribution is 7.08. The molecular weight excluding hydrogens is 194 g/mol. The Hall–Kier alpha value is -0.540. The molecule has 0 aliphatic rings. The molecule has 0 aliphatic heterocycles. The maximum Gasteiger partial charge on any atom is 0.0514 e. The Bertz CT molecular complexity index is 244. The Kier molecular flexibility index (Phi) is 4.42. The lowest BCUT2D eigenvalue weighted by Crippen LogP contribution is -2.21. The summed E-state index contributed by atoms with van der Waals surface area (Å²) in [4.78, 5) is 0. The molecule has 0 saturated carbocycles. The van der Waals surface area contributed by atoms with E-state index >= 15 is 0 Å². The highest BCUT2D eigenvalue weighted by Crippen LogP contribution is 2.21. The Morgan fingerprint density at radius 1 is 1.50 bits per heavy atom. The van der Waals surface area contributed by atoms with Gasteiger partial charge in [0.2, 0.25) is 0 Å². The van der Waals surface area contributed by atoms with Crippen LogP contribution in [-0.2, 0) is 4.74 Å². The van der Waals surface area contributed by atoms with E-state index in [9.17, 15) is 0 Å². The Labute approximate surface area is 90.3 Å². The van der Waals surface area contributed by atoms with E-state index in [0.29, 0.717) is 0 Å². The molecule has 1 N–H and O–H groups in total. The molecule has 80 valence electrons. The van der Waals surface area contributed by atoms with Crippen molar-refractivity contribution in [3.63, 3.8) is 0 Å². The van der Waals surface area contributed by atoms with Crippen LogP contribution in [0.1, 0.15) is 20.3 Å². The first kappa shape index (κ1) is 11.5. The van der Waals surface area contributed by atoms with Gasteiger partial charge >= 0.3 is 0 Å². The number of thiophene rings is 1. The van der Waals surface area contributed by atoms with E-state index in [-0.39, 0.29) is 5.41 Å². The van der Waals surface area contributed by atoms with Crippen LogP contribution in [0.15, 0.2) is 16.8 Å². The van der Waals surface area contributed by atoms with Crippen LogP contribution in [0.4, 0.5) is 5.69 Å². The molecule has 0 saturated heterocycles. The first-order valence-electron chi connectivity index (χ1n) is 4.89. The molecule has 1 aromatic heterocycles. The molecule has 0 aromatic carbocycles. The minimum atomic E-state index is 0.262. The fourth-order valence-corrected chi connectivity index (χ4v) is 1.99. The molecular formula is C11H19NOS. The topological polar surface area (TPSA) is 21.3 Å². The molecule has 0 amide bonds. The standard InChI is InChI=1S/C11H19NOS/c1-11(2,9-13-3)5-6-12-10-4-7-14-8-10/h4,7-8,12H,5-6,9H2,1-3H3. The van der Waals surface area contributed by atoms with Crippen molar-refractivity contribution in [1.82, 2.24) is 0 Å². The first-order valence-corrected chi connectivity index (χ1v) is 5.83. The average Bonchev–Trinajstić information content (AvgIpc) is 2.56. The SMILES string of the molecule is COCC(C)(C)CCNc1ccsc1. The summed E-state index contributed by atoms with van der Waals surface area (Å²) in [6, 6.07) is 2.11. The molecule has 1 rings (SSSR count). The monoisotopic (exact) mass is 213 g/mol. The molecule has 0 aliphatic carbocycles. The van der Waals surface area contributed by atoms with E-state index in [1.807, 2.05) is 0 Å². The molecule has 2 nitrogen and oxygen atoms in total. The maximum absolute atomic E-state index is 5.17. The molecule has 3 heteroatoms. The summed E-state index contributed by atoms with van der Waals surface area (Å²) in [6.45, 7) is 6.28. The van der Waals surface area contributed by atoms with Crippen LogP contribution in [0.3, 0.4) is 0 Å².